The van der Waals surface area contributed by atoms with E-state index in [0.29, 0.717) is 12.1 Å². The third-order valence-electron chi connectivity index (χ3n) is 1.85. The third-order valence-corrected chi connectivity index (χ3v) is 3.05. The van der Waals surface area contributed by atoms with Crippen molar-refractivity contribution in [1.82, 2.24) is 5.32 Å². The van der Waals surface area contributed by atoms with Gasteiger partial charge in [-0.05, 0) is 24.7 Å². The molecule has 16 heavy (non-hydrogen) atoms. The van der Waals surface area contributed by atoms with Crippen molar-refractivity contribution in [2.24, 2.45) is 0 Å². The summed E-state index contributed by atoms with van der Waals surface area (Å²) in [5.74, 6) is -0.963. The van der Waals surface area contributed by atoms with Crippen molar-refractivity contribution in [1.29, 1.82) is 0 Å². The minimum absolute atomic E-state index is 0.104. The first-order valence-electron chi connectivity index (χ1n) is 5.15. The van der Waals surface area contributed by atoms with Crippen LogP contribution in [0.25, 0.3) is 0 Å². The van der Waals surface area contributed by atoms with Gasteiger partial charge in [-0.2, -0.15) is 0 Å². The number of rotatable bonds is 3. The van der Waals surface area contributed by atoms with Crippen LogP contribution in [0.5, 0.6) is 0 Å². The van der Waals surface area contributed by atoms with Crippen LogP contribution in [0.4, 0.5) is 8.78 Å². The van der Waals surface area contributed by atoms with Crippen LogP contribution in [-0.4, -0.2) is 11.8 Å². The maximum atomic E-state index is 13.7. The molecule has 1 nitrogen and oxygen atoms in total. The van der Waals surface area contributed by atoms with Crippen LogP contribution in [0.2, 0.25) is 0 Å². The van der Waals surface area contributed by atoms with Crippen molar-refractivity contribution >= 4 is 11.8 Å². The normalized spacial score (nSPS) is 11.9. The average Bonchev–Trinajstić information content (AvgIpc) is 2.10. The summed E-state index contributed by atoms with van der Waals surface area (Å²) in [6.45, 7) is 6.25. The Hall–Kier alpha value is -0.610. The van der Waals surface area contributed by atoms with Crippen LogP contribution in [0, 0.1) is 11.6 Å². The molecule has 0 saturated carbocycles. The van der Waals surface area contributed by atoms with Gasteiger partial charge in [-0.25, -0.2) is 8.78 Å². The molecule has 4 heteroatoms. The molecule has 0 unspecified atom stereocenters. The second kappa shape index (κ2) is 5.15. The summed E-state index contributed by atoms with van der Waals surface area (Å²) in [6, 6.07) is 2.77. The van der Waals surface area contributed by atoms with E-state index in [1.54, 1.807) is 7.05 Å². The number of halogens is 2. The van der Waals surface area contributed by atoms with E-state index in [0.717, 1.165) is 0 Å². The van der Waals surface area contributed by atoms with Crippen LogP contribution in [0.15, 0.2) is 17.0 Å². The third kappa shape index (κ3) is 3.76. The molecule has 0 atom stereocenters. The molecule has 0 aromatic heterocycles. The van der Waals surface area contributed by atoms with Gasteiger partial charge in [0.2, 0.25) is 0 Å². The monoisotopic (exact) mass is 245 g/mol. The van der Waals surface area contributed by atoms with E-state index in [1.165, 1.54) is 23.9 Å². The Kier molecular flexibility index (Phi) is 4.33. The summed E-state index contributed by atoms with van der Waals surface area (Å²) in [4.78, 5) is 0.104. The SMILES string of the molecule is CNCc1cc(F)c(SC(C)(C)C)c(F)c1. The van der Waals surface area contributed by atoms with Crippen LogP contribution >= 0.6 is 11.8 Å². The largest absolute Gasteiger partial charge is 0.316 e. The first kappa shape index (κ1) is 13.5. The lowest BCUT2D eigenvalue weighted by atomic mass is 10.2. The molecule has 0 radical (unpaired) electrons. The molecule has 1 aromatic carbocycles. The van der Waals surface area contributed by atoms with Gasteiger partial charge in [0.15, 0.2) is 0 Å². The quantitative estimate of drug-likeness (QED) is 0.817. The van der Waals surface area contributed by atoms with Gasteiger partial charge in [0.25, 0.3) is 0 Å². The minimum atomic E-state index is -0.481. The molecular weight excluding hydrogens is 228 g/mol. The standard InChI is InChI=1S/C12H17F2NS/c1-12(2,3)16-11-9(13)5-8(7-15-4)6-10(11)14/h5-6,15H,7H2,1-4H3. The maximum Gasteiger partial charge on any atom is 0.140 e. The first-order valence-corrected chi connectivity index (χ1v) is 5.96. The molecule has 0 bridgehead atoms. The zero-order chi connectivity index (χ0) is 12.3. The predicted molar refractivity (Wildman–Crippen MR) is 64.7 cm³/mol. The van der Waals surface area contributed by atoms with Gasteiger partial charge in [0, 0.05) is 11.3 Å². The van der Waals surface area contributed by atoms with E-state index in [1.807, 2.05) is 20.8 Å². The Labute approximate surface area is 99.6 Å². The van der Waals surface area contributed by atoms with Crippen molar-refractivity contribution in [2.45, 2.75) is 37.0 Å². The van der Waals surface area contributed by atoms with Gasteiger partial charge in [-0.1, -0.05) is 20.8 Å². The van der Waals surface area contributed by atoms with Crippen LogP contribution in [0.1, 0.15) is 26.3 Å². The van der Waals surface area contributed by atoms with Gasteiger partial charge >= 0.3 is 0 Å². The molecule has 90 valence electrons. The van der Waals surface area contributed by atoms with Gasteiger partial charge in [0.05, 0.1) is 4.90 Å². The Morgan fingerprint density at radius 3 is 2.06 bits per heavy atom. The van der Waals surface area contributed by atoms with Crippen LogP contribution < -0.4 is 5.32 Å². The second-order valence-corrected chi connectivity index (χ2v) is 6.47. The van der Waals surface area contributed by atoms with Gasteiger partial charge in [0.1, 0.15) is 11.6 Å². The number of hydrogen-bond acceptors (Lipinski definition) is 2. The fourth-order valence-electron chi connectivity index (χ4n) is 1.32. The Bertz CT molecular complexity index is 349. The summed E-state index contributed by atoms with van der Waals surface area (Å²) in [7, 11) is 1.74. The zero-order valence-electron chi connectivity index (χ0n) is 10.0. The highest BCUT2D eigenvalue weighted by Crippen LogP contribution is 2.35. The summed E-state index contributed by atoms with van der Waals surface area (Å²) in [6.07, 6.45) is 0. The summed E-state index contributed by atoms with van der Waals surface area (Å²) in [5.41, 5.74) is 0.621. The maximum absolute atomic E-state index is 13.7. The number of thioether (sulfide) groups is 1. The van der Waals surface area contributed by atoms with E-state index < -0.39 is 11.6 Å². The summed E-state index contributed by atoms with van der Waals surface area (Å²) < 4.78 is 27.1. The van der Waals surface area contributed by atoms with Crippen LogP contribution in [-0.2, 0) is 6.54 Å². The van der Waals surface area contributed by atoms with Gasteiger partial charge in [-0.15, -0.1) is 11.8 Å². The van der Waals surface area contributed by atoms with E-state index in [4.69, 9.17) is 0 Å². The lowest BCUT2D eigenvalue weighted by Gasteiger charge is -2.18. The molecule has 0 amide bonds. The fraction of sp³-hybridized carbons (Fsp3) is 0.500. The van der Waals surface area contributed by atoms with Crippen molar-refractivity contribution < 1.29 is 8.78 Å². The highest BCUT2D eigenvalue weighted by Gasteiger charge is 2.19. The van der Waals surface area contributed by atoms with E-state index >= 15 is 0 Å². The Morgan fingerprint density at radius 2 is 1.69 bits per heavy atom. The molecular formula is C12H17F2NS. The minimum Gasteiger partial charge on any atom is -0.316 e. The van der Waals surface area contributed by atoms with Crippen molar-refractivity contribution in [3.63, 3.8) is 0 Å². The molecule has 0 fully saturated rings. The molecule has 0 spiro atoms. The average molecular weight is 245 g/mol. The Morgan fingerprint density at radius 1 is 1.19 bits per heavy atom. The molecule has 1 aromatic rings. The molecule has 0 saturated heterocycles. The van der Waals surface area contributed by atoms with E-state index in [2.05, 4.69) is 5.32 Å². The molecule has 1 N–H and O–H groups in total. The molecule has 0 heterocycles. The number of benzene rings is 1. The smallest absolute Gasteiger partial charge is 0.140 e. The lowest BCUT2D eigenvalue weighted by molar-refractivity contribution is 0.534. The van der Waals surface area contributed by atoms with Crippen molar-refractivity contribution in [3.8, 4) is 0 Å². The van der Waals surface area contributed by atoms with E-state index in [-0.39, 0.29) is 9.64 Å². The highest BCUT2D eigenvalue weighted by atomic mass is 32.2. The molecule has 1 rings (SSSR count). The van der Waals surface area contributed by atoms with E-state index in [9.17, 15) is 8.78 Å². The number of hydrogen-bond donors (Lipinski definition) is 1. The number of nitrogens with one attached hydrogen (secondary N) is 1. The summed E-state index contributed by atoms with van der Waals surface area (Å²) >= 11 is 1.21. The van der Waals surface area contributed by atoms with Crippen molar-refractivity contribution in [2.75, 3.05) is 7.05 Å². The molecule has 0 aliphatic rings. The van der Waals surface area contributed by atoms with Gasteiger partial charge in [-0.3, -0.25) is 0 Å². The van der Waals surface area contributed by atoms with Crippen LogP contribution in [0.3, 0.4) is 0 Å². The highest BCUT2D eigenvalue weighted by molar-refractivity contribution is 8.00. The zero-order valence-corrected chi connectivity index (χ0v) is 10.8. The fourth-order valence-corrected chi connectivity index (χ4v) is 2.25. The topological polar surface area (TPSA) is 12.0 Å². The molecule has 0 aliphatic heterocycles. The second-order valence-electron chi connectivity index (χ2n) is 4.63. The lowest BCUT2D eigenvalue weighted by Crippen LogP contribution is -2.10. The van der Waals surface area contributed by atoms with Crippen molar-refractivity contribution in [3.05, 3.63) is 29.3 Å². The first-order chi connectivity index (χ1) is 7.33. The molecule has 0 aliphatic carbocycles. The predicted octanol–water partition coefficient (Wildman–Crippen LogP) is 3.57. The summed E-state index contributed by atoms with van der Waals surface area (Å²) in [5, 5.41) is 2.87. The van der Waals surface area contributed by atoms with Gasteiger partial charge < -0.3 is 5.32 Å². The Balaban J connectivity index is 3.03.